The largest absolute Gasteiger partial charge is 0.504 e. The zero-order chi connectivity index (χ0) is 15.7. The molecule has 1 atom stereocenters. The monoisotopic (exact) mass is 337 g/mol. The number of aromatic hydroxyl groups is 1. The number of oxime groups is 1. The van der Waals surface area contributed by atoms with Gasteiger partial charge in [-0.15, -0.1) is 0 Å². The summed E-state index contributed by atoms with van der Waals surface area (Å²) in [6.07, 6.45) is 0.0573. The molecule has 1 aliphatic heterocycles. The standard InChI is InChI=1S/C16H13Cl2NO3/c1-21-13-7-2-4-9(16(13)20)14-8-12(19-22-14)15-10(17)5-3-6-11(15)18/h2-7,14,20H,8H2,1H3. The number of hydrogen-bond acceptors (Lipinski definition) is 4. The lowest BCUT2D eigenvalue weighted by Crippen LogP contribution is -2.03. The molecule has 0 bridgehead atoms. The van der Waals surface area contributed by atoms with E-state index in [1.807, 2.05) is 0 Å². The minimum absolute atomic E-state index is 0.0525. The highest BCUT2D eigenvalue weighted by molar-refractivity contribution is 6.40. The highest BCUT2D eigenvalue weighted by atomic mass is 35.5. The van der Waals surface area contributed by atoms with Crippen LogP contribution in [0.1, 0.15) is 23.7 Å². The van der Waals surface area contributed by atoms with Crippen molar-refractivity contribution in [2.45, 2.75) is 12.5 Å². The Morgan fingerprint density at radius 2 is 1.86 bits per heavy atom. The van der Waals surface area contributed by atoms with Gasteiger partial charge in [0.2, 0.25) is 0 Å². The van der Waals surface area contributed by atoms with E-state index in [9.17, 15) is 5.11 Å². The maximum atomic E-state index is 10.2. The molecule has 0 radical (unpaired) electrons. The molecule has 1 heterocycles. The van der Waals surface area contributed by atoms with Gasteiger partial charge in [0, 0.05) is 17.5 Å². The average molecular weight is 338 g/mol. The van der Waals surface area contributed by atoms with Gasteiger partial charge in [-0.05, 0) is 18.2 Å². The van der Waals surface area contributed by atoms with Crippen molar-refractivity contribution in [3.8, 4) is 11.5 Å². The van der Waals surface area contributed by atoms with E-state index in [0.717, 1.165) is 0 Å². The van der Waals surface area contributed by atoms with Gasteiger partial charge >= 0.3 is 0 Å². The SMILES string of the molecule is COc1cccc(C2CC(c3c(Cl)cccc3Cl)=NO2)c1O. The van der Waals surface area contributed by atoms with Crippen LogP contribution in [0.2, 0.25) is 10.0 Å². The van der Waals surface area contributed by atoms with Gasteiger partial charge in [-0.3, -0.25) is 0 Å². The van der Waals surface area contributed by atoms with Crippen molar-refractivity contribution in [2.24, 2.45) is 5.16 Å². The second-order valence-corrected chi connectivity index (χ2v) is 5.65. The highest BCUT2D eigenvalue weighted by Gasteiger charge is 2.29. The first kappa shape index (κ1) is 15.0. The van der Waals surface area contributed by atoms with Crippen LogP contribution in [0.5, 0.6) is 11.5 Å². The van der Waals surface area contributed by atoms with Crippen molar-refractivity contribution in [3.63, 3.8) is 0 Å². The summed E-state index contributed by atoms with van der Waals surface area (Å²) < 4.78 is 5.11. The third kappa shape index (κ3) is 2.60. The smallest absolute Gasteiger partial charge is 0.164 e. The maximum absolute atomic E-state index is 10.2. The predicted octanol–water partition coefficient (Wildman–Crippen LogP) is 4.57. The van der Waals surface area contributed by atoms with E-state index in [1.165, 1.54) is 7.11 Å². The molecule has 0 fully saturated rings. The van der Waals surface area contributed by atoms with Crippen molar-refractivity contribution in [1.29, 1.82) is 0 Å². The van der Waals surface area contributed by atoms with Gasteiger partial charge < -0.3 is 14.7 Å². The van der Waals surface area contributed by atoms with Gasteiger partial charge in [0.05, 0.1) is 22.9 Å². The predicted molar refractivity (Wildman–Crippen MR) is 86.1 cm³/mol. The Labute approximate surface area is 137 Å². The van der Waals surface area contributed by atoms with Crippen LogP contribution in [-0.4, -0.2) is 17.9 Å². The second-order valence-electron chi connectivity index (χ2n) is 4.83. The Bertz CT molecular complexity index is 726. The summed E-state index contributed by atoms with van der Waals surface area (Å²) >= 11 is 12.4. The third-order valence-corrected chi connectivity index (χ3v) is 4.15. The van der Waals surface area contributed by atoms with E-state index >= 15 is 0 Å². The first-order valence-corrected chi connectivity index (χ1v) is 7.40. The lowest BCUT2D eigenvalue weighted by Gasteiger charge is -2.13. The molecule has 22 heavy (non-hydrogen) atoms. The van der Waals surface area contributed by atoms with Crippen LogP contribution in [0.15, 0.2) is 41.6 Å². The Balaban J connectivity index is 1.89. The van der Waals surface area contributed by atoms with Crippen LogP contribution in [-0.2, 0) is 4.84 Å². The summed E-state index contributed by atoms with van der Waals surface area (Å²) in [5.41, 5.74) is 1.93. The van der Waals surface area contributed by atoms with Crippen LogP contribution in [0.3, 0.4) is 0 Å². The van der Waals surface area contributed by atoms with E-state index in [4.69, 9.17) is 32.8 Å². The molecule has 0 saturated heterocycles. The van der Waals surface area contributed by atoms with E-state index < -0.39 is 6.10 Å². The molecule has 6 heteroatoms. The molecule has 3 rings (SSSR count). The normalized spacial score (nSPS) is 17.0. The molecule has 0 saturated carbocycles. The molecule has 0 aromatic heterocycles. The molecule has 1 unspecified atom stereocenters. The summed E-state index contributed by atoms with van der Waals surface area (Å²) in [6, 6.07) is 10.5. The van der Waals surface area contributed by atoms with Crippen molar-refractivity contribution < 1.29 is 14.7 Å². The molecule has 1 aliphatic rings. The lowest BCUT2D eigenvalue weighted by atomic mass is 9.99. The first-order valence-electron chi connectivity index (χ1n) is 6.64. The molecule has 0 amide bonds. The van der Waals surface area contributed by atoms with Crippen LogP contribution < -0.4 is 4.74 Å². The van der Waals surface area contributed by atoms with Gasteiger partial charge in [0.25, 0.3) is 0 Å². The summed E-state index contributed by atoms with van der Waals surface area (Å²) in [5, 5.41) is 15.3. The van der Waals surface area contributed by atoms with Crippen LogP contribution in [0.4, 0.5) is 0 Å². The fourth-order valence-corrected chi connectivity index (χ4v) is 3.04. The topological polar surface area (TPSA) is 51.0 Å². The lowest BCUT2D eigenvalue weighted by molar-refractivity contribution is 0.0835. The van der Waals surface area contributed by atoms with Crippen LogP contribution in [0.25, 0.3) is 0 Å². The minimum atomic E-state index is -0.405. The molecular weight excluding hydrogens is 325 g/mol. The van der Waals surface area contributed by atoms with E-state index in [-0.39, 0.29) is 5.75 Å². The third-order valence-electron chi connectivity index (χ3n) is 3.52. The minimum Gasteiger partial charge on any atom is -0.504 e. The van der Waals surface area contributed by atoms with Gasteiger partial charge in [-0.2, -0.15) is 0 Å². The average Bonchev–Trinajstić information content (AvgIpc) is 2.96. The summed E-state index contributed by atoms with van der Waals surface area (Å²) in [5.74, 6) is 0.446. The number of para-hydroxylation sites is 1. The zero-order valence-corrected chi connectivity index (χ0v) is 13.2. The molecule has 114 valence electrons. The molecule has 2 aromatic carbocycles. The molecular formula is C16H13Cl2NO3. The maximum Gasteiger partial charge on any atom is 0.164 e. The first-order chi connectivity index (χ1) is 10.6. The Kier molecular flexibility index (Phi) is 4.14. The second kappa shape index (κ2) is 6.07. The highest BCUT2D eigenvalue weighted by Crippen LogP contribution is 2.40. The number of halogens is 2. The Morgan fingerprint density at radius 3 is 2.55 bits per heavy atom. The van der Waals surface area contributed by atoms with Crippen molar-refractivity contribution in [3.05, 3.63) is 57.6 Å². The fourth-order valence-electron chi connectivity index (χ4n) is 2.43. The van der Waals surface area contributed by atoms with E-state index in [1.54, 1.807) is 36.4 Å². The zero-order valence-electron chi connectivity index (χ0n) is 11.7. The van der Waals surface area contributed by atoms with Gasteiger partial charge in [-0.25, -0.2) is 0 Å². The molecule has 0 spiro atoms. The summed E-state index contributed by atoms with van der Waals surface area (Å²) in [4.78, 5) is 5.45. The molecule has 0 aliphatic carbocycles. The fraction of sp³-hybridized carbons (Fsp3) is 0.188. The summed E-state index contributed by atoms with van der Waals surface area (Å²) in [7, 11) is 1.50. The number of ether oxygens (including phenoxy) is 1. The molecule has 1 N–H and O–H groups in total. The van der Waals surface area contributed by atoms with Gasteiger partial charge in [-0.1, -0.05) is 46.6 Å². The number of nitrogens with zero attached hydrogens (tertiary/aromatic N) is 1. The van der Waals surface area contributed by atoms with Gasteiger partial charge in [0.1, 0.15) is 0 Å². The number of benzene rings is 2. The molecule has 4 nitrogen and oxygen atoms in total. The number of phenols is 1. The number of phenolic OH excluding ortho intramolecular Hbond substituents is 1. The Morgan fingerprint density at radius 1 is 1.18 bits per heavy atom. The molecule has 2 aromatic rings. The van der Waals surface area contributed by atoms with E-state index in [2.05, 4.69) is 5.16 Å². The number of rotatable bonds is 3. The van der Waals surface area contributed by atoms with Gasteiger partial charge in [0.15, 0.2) is 17.6 Å². The number of hydrogen-bond donors (Lipinski definition) is 1. The Hall–Kier alpha value is -1.91. The van der Waals surface area contributed by atoms with Crippen molar-refractivity contribution >= 4 is 28.9 Å². The van der Waals surface area contributed by atoms with Crippen molar-refractivity contribution in [1.82, 2.24) is 0 Å². The quantitative estimate of drug-likeness (QED) is 0.892. The van der Waals surface area contributed by atoms with Crippen molar-refractivity contribution in [2.75, 3.05) is 7.11 Å². The number of methoxy groups -OCH3 is 1. The van der Waals surface area contributed by atoms with E-state index in [0.29, 0.717) is 39.1 Å². The van der Waals surface area contributed by atoms with Crippen LogP contribution in [0, 0.1) is 0 Å². The van der Waals surface area contributed by atoms with Crippen LogP contribution >= 0.6 is 23.2 Å². The summed E-state index contributed by atoms with van der Waals surface area (Å²) in [6.45, 7) is 0.